The van der Waals surface area contributed by atoms with E-state index in [4.69, 9.17) is 9.15 Å². The number of aryl methyl sites for hydroxylation is 2. The first-order valence-electron chi connectivity index (χ1n) is 8.08. The third-order valence-electron chi connectivity index (χ3n) is 3.44. The minimum atomic E-state index is -0.560. The standard InChI is InChI=1S/C18H21N3O5/c1-4-25-14-7-5-13(6-8-14)17(23)19-10-16(22)20-21-18(24)15-9-11(2)26-12(15)3/h5-9H,4,10H2,1-3H3,(H,19,23)(H,20,22)(H,21,24). The molecular weight excluding hydrogens is 338 g/mol. The Hall–Kier alpha value is -3.29. The zero-order valence-corrected chi connectivity index (χ0v) is 14.8. The van der Waals surface area contributed by atoms with Crippen molar-refractivity contribution in [3.8, 4) is 5.75 Å². The van der Waals surface area contributed by atoms with Crippen molar-refractivity contribution in [2.24, 2.45) is 0 Å². The van der Waals surface area contributed by atoms with Crippen LogP contribution in [0.1, 0.15) is 39.2 Å². The second kappa shape index (κ2) is 8.70. The molecule has 0 aliphatic carbocycles. The van der Waals surface area contributed by atoms with E-state index in [1.165, 1.54) is 0 Å². The molecule has 1 aromatic carbocycles. The summed E-state index contributed by atoms with van der Waals surface area (Å²) in [7, 11) is 0. The number of benzene rings is 1. The molecule has 0 aliphatic heterocycles. The number of furan rings is 1. The van der Waals surface area contributed by atoms with Gasteiger partial charge < -0.3 is 14.5 Å². The minimum Gasteiger partial charge on any atom is -0.494 e. The van der Waals surface area contributed by atoms with E-state index in [-0.39, 0.29) is 6.54 Å². The average molecular weight is 359 g/mol. The molecule has 0 saturated carbocycles. The van der Waals surface area contributed by atoms with Crippen molar-refractivity contribution in [1.82, 2.24) is 16.2 Å². The maximum Gasteiger partial charge on any atom is 0.273 e. The molecule has 26 heavy (non-hydrogen) atoms. The Bertz CT molecular complexity index is 796. The van der Waals surface area contributed by atoms with Gasteiger partial charge in [0.1, 0.15) is 17.3 Å². The molecule has 138 valence electrons. The summed E-state index contributed by atoms with van der Waals surface area (Å²) in [6, 6.07) is 8.13. The third-order valence-corrected chi connectivity index (χ3v) is 3.44. The Kier molecular flexibility index (Phi) is 6.37. The van der Waals surface area contributed by atoms with Crippen LogP contribution >= 0.6 is 0 Å². The second-order valence-electron chi connectivity index (χ2n) is 5.47. The van der Waals surface area contributed by atoms with Gasteiger partial charge in [-0.1, -0.05) is 0 Å². The van der Waals surface area contributed by atoms with E-state index in [2.05, 4.69) is 16.2 Å². The lowest BCUT2D eigenvalue weighted by molar-refractivity contribution is -0.120. The van der Waals surface area contributed by atoms with Crippen LogP contribution in [0.15, 0.2) is 34.7 Å². The van der Waals surface area contributed by atoms with Gasteiger partial charge in [0.2, 0.25) is 0 Å². The van der Waals surface area contributed by atoms with Gasteiger partial charge in [-0.15, -0.1) is 0 Å². The van der Waals surface area contributed by atoms with Crippen molar-refractivity contribution in [3.05, 3.63) is 53.0 Å². The van der Waals surface area contributed by atoms with Crippen LogP contribution in [0.2, 0.25) is 0 Å². The van der Waals surface area contributed by atoms with Gasteiger partial charge in [-0.25, -0.2) is 0 Å². The highest BCUT2D eigenvalue weighted by Crippen LogP contribution is 2.13. The van der Waals surface area contributed by atoms with E-state index in [0.29, 0.717) is 35.0 Å². The zero-order valence-electron chi connectivity index (χ0n) is 14.8. The third kappa shape index (κ3) is 5.10. The summed E-state index contributed by atoms with van der Waals surface area (Å²) in [4.78, 5) is 35.7. The molecule has 3 N–H and O–H groups in total. The largest absolute Gasteiger partial charge is 0.494 e. The number of carbonyl (C=O) groups excluding carboxylic acids is 3. The van der Waals surface area contributed by atoms with Gasteiger partial charge in [0.15, 0.2) is 0 Å². The monoisotopic (exact) mass is 359 g/mol. The van der Waals surface area contributed by atoms with Gasteiger partial charge in [0.05, 0.1) is 18.7 Å². The number of hydrogen-bond acceptors (Lipinski definition) is 5. The molecule has 3 amide bonds. The van der Waals surface area contributed by atoms with Crippen molar-refractivity contribution in [3.63, 3.8) is 0 Å². The van der Waals surface area contributed by atoms with Gasteiger partial charge in [0.25, 0.3) is 17.7 Å². The summed E-state index contributed by atoms with van der Waals surface area (Å²) in [5.41, 5.74) is 5.24. The Morgan fingerprint density at radius 3 is 2.31 bits per heavy atom. The van der Waals surface area contributed by atoms with Crippen LogP contribution in [0, 0.1) is 13.8 Å². The highest BCUT2D eigenvalue weighted by atomic mass is 16.5. The van der Waals surface area contributed by atoms with Crippen molar-refractivity contribution in [2.75, 3.05) is 13.2 Å². The number of carbonyl (C=O) groups is 3. The number of hydrogen-bond donors (Lipinski definition) is 3. The molecule has 0 radical (unpaired) electrons. The van der Waals surface area contributed by atoms with Gasteiger partial charge in [-0.3, -0.25) is 25.2 Å². The summed E-state index contributed by atoms with van der Waals surface area (Å²) in [5.74, 6) is 0.255. The van der Waals surface area contributed by atoms with Crippen molar-refractivity contribution in [1.29, 1.82) is 0 Å². The highest BCUT2D eigenvalue weighted by molar-refractivity contribution is 5.98. The molecule has 0 atom stereocenters. The number of ether oxygens (including phenoxy) is 1. The predicted molar refractivity (Wildman–Crippen MR) is 93.7 cm³/mol. The summed E-state index contributed by atoms with van der Waals surface area (Å²) < 4.78 is 10.6. The van der Waals surface area contributed by atoms with Crippen LogP contribution in [-0.4, -0.2) is 30.9 Å². The van der Waals surface area contributed by atoms with Crippen LogP contribution in [0.25, 0.3) is 0 Å². The fourth-order valence-electron chi connectivity index (χ4n) is 2.23. The van der Waals surface area contributed by atoms with E-state index < -0.39 is 17.7 Å². The summed E-state index contributed by atoms with van der Waals surface area (Å²) in [6.45, 7) is 5.50. The second-order valence-corrected chi connectivity index (χ2v) is 5.47. The van der Waals surface area contributed by atoms with Crippen LogP contribution < -0.4 is 20.9 Å². The molecule has 2 rings (SSSR count). The van der Waals surface area contributed by atoms with Crippen molar-refractivity contribution < 1.29 is 23.5 Å². The highest BCUT2D eigenvalue weighted by Gasteiger charge is 2.14. The molecule has 0 fully saturated rings. The topological polar surface area (TPSA) is 110 Å². The molecule has 0 bridgehead atoms. The Balaban J connectivity index is 1.78. The summed E-state index contributed by atoms with van der Waals surface area (Å²) >= 11 is 0. The molecular formula is C18H21N3O5. The lowest BCUT2D eigenvalue weighted by Gasteiger charge is -2.08. The molecule has 2 aromatic rings. The summed E-state index contributed by atoms with van der Waals surface area (Å²) in [5, 5.41) is 2.47. The van der Waals surface area contributed by atoms with E-state index in [9.17, 15) is 14.4 Å². The number of hydrazine groups is 1. The molecule has 0 aliphatic rings. The van der Waals surface area contributed by atoms with Gasteiger partial charge >= 0.3 is 0 Å². The number of nitrogens with one attached hydrogen (secondary N) is 3. The molecule has 8 heteroatoms. The minimum absolute atomic E-state index is 0.282. The Morgan fingerprint density at radius 2 is 1.73 bits per heavy atom. The number of rotatable bonds is 6. The Labute approximate surface area is 150 Å². The first-order valence-corrected chi connectivity index (χ1v) is 8.08. The van der Waals surface area contributed by atoms with Crippen LogP contribution in [0.4, 0.5) is 0 Å². The van der Waals surface area contributed by atoms with Gasteiger partial charge in [-0.2, -0.15) is 0 Å². The van der Waals surface area contributed by atoms with Gasteiger partial charge in [0, 0.05) is 5.56 Å². The fraction of sp³-hybridized carbons (Fsp3) is 0.278. The first-order chi connectivity index (χ1) is 12.4. The molecule has 0 unspecified atom stereocenters. The molecule has 0 spiro atoms. The average Bonchev–Trinajstić information content (AvgIpc) is 2.97. The van der Waals surface area contributed by atoms with E-state index in [0.717, 1.165) is 0 Å². The summed E-state index contributed by atoms with van der Waals surface area (Å²) in [6.07, 6.45) is 0. The molecule has 8 nitrogen and oxygen atoms in total. The molecule has 1 aromatic heterocycles. The predicted octanol–water partition coefficient (Wildman–Crippen LogP) is 1.49. The van der Waals surface area contributed by atoms with Crippen molar-refractivity contribution in [2.45, 2.75) is 20.8 Å². The van der Waals surface area contributed by atoms with E-state index in [1.807, 2.05) is 6.92 Å². The normalized spacial score (nSPS) is 10.1. The quantitative estimate of drug-likeness (QED) is 0.677. The lowest BCUT2D eigenvalue weighted by Crippen LogP contribution is -2.46. The Morgan fingerprint density at radius 1 is 1.04 bits per heavy atom. The molecule has 1 heterocycles. The SMILES string of the molecule is CCOc1ccc(C(=O)NCC(=O)NNC(=O)c2cc(C)oc2C)cc1. The van der Waals surface area contributed by atoms with E-state index >= 15 is 0 Å². The maximum absolute atomic E-state index is 12.0. The van der Waals surface area contributed by atoms with Crippen molar-refractivity contribution >= 4 is 17.7 Å². The van der Waals surface area contributed by atoms with Crippen LogP contribution in [0.3, 0.4) is 0 Å². The smallest absolute Gasteiger partial charge is 0.273 e. The van der Waals surface area contributed by atoms with Crippen LogP contribution in [0.5, 0.6) is 5.75 Å². The lowest BCUT2D eigenvalue weighted by atomic mass is 10.2. The number of amides is 3. The van der Waals surface area contributed by atoms with E-state index in [1.54, 1.807) is 44.2 Å². The zero-order chi connectivity index (χ0) is 19.1. The maximum atomic E-state index is 12.0. The molecule has 0 saturated heterocycles. The van der Waals surface area contributed by atoms with Gasteiger partial charge in [-0.05, 0) is 51.1 Å². The fourth-order valence-corrected chi connectivity index (χ4v) is 2.23. The first kappa shape index (κ1) is 19.0. The van der Waals surface area contributed by atoms with Crippen LogP contribution in [-0.2, 0) is 4.79 Å².